The average molecular weight is 401 g/mol. The van der Waals surface area contributed by atoms with Crippen molar-refractivity contribution in [2.24, 2.45) is 0 Å². The van der Waals surface area contributed by atoms with Crippen LogP contribution in [0.2, 0.25) is 0 Å². The molecule has 0 spiro atoms. The predicted molar refractivity (Wildman–Crippen MR) is 114 cm³/mol. The number of sulfonamides is 1. The van der Waals surface area contributed by atoms with Crippen LogP contribution in [-0.4, -0.2) is 33.7 Å². The maximum atomic E-state index is 12.5. The summed E-state index contributed by atoms with van der Waals surface area (Å²) in [4.78, 5) is 12.5. The lowest BCUT2D eigenvalue weighted by Crippen LogP contribution is -2.34. The van der Waals surface area contributed by atoms with Gasteiger partial charge in [0.05, 0.1) is 11.9 Å². The summed E-state index contributed by atoms with van der Waals surface area (Å²) in [5.41, 5.74) is 6.06. The first kappa shape index (κ1) is 20.4. The SMILES string of the molecule is Cc1ccc(CCCNC(=O)c2ccc3c(c2)CCCN3S(C)(=O)=O)c(C)c1. The highest BCUT2D eigenvalue weighted by atomic mass is 32.2. The van der Waals surface area contributed by atoms with Gasteiger partial charge in [-0.2, -0.15) is 0 Å². The van der Waals surface area contributed by atoms with Crippen LogP contribution in [0.4, 0.5) is 5.69 Å². The topological polar surface area (TPSA) is 66.5 Å². The number of amides is 1. The van der Waals surface area contributed by atoms with Crippen LogP contribution < -0.4 is 9.62 Å². The molecule has 0 radical (unpaired) electrons. The number of hydrogen-bond donors (Lipinski definition) is 1. The zero-order chi connectivity index (χ0) is 20.3. The summed E-state index contributed by atoms with van der Waals surface area (Å²) in [5, 5.41) is 2.98. The average Bonchev–Trinajstić information content (AvgIpc) is 2.64. The van der Waals surface area contributed by atoms with Crippen molar-refractivity contribution in [3.05, 3.63) is 64.2 Å². The highest BCUT2D eigenvalue weighted by Crippen LogP contribution is 2.29. The Labute approximate surface area is 167 Å². The van der Waals surface area contributed by atoms with Crippen molar-refractivity contribution < 1.29 is 13.2 Å². The van der Waals surface area contributed by atoms with Gasteiger partial charge < -0.3 is 5.32 Å². The van der Waals surface area contributed by atoms with Crippen molar-refractivity contribution >= 4 is 21.6 Å². The van der Waals surface area contributed by atoms with Crippen LogP contribution in [0, 0.1) is 13.8 Å². The number of nitrogens with one attached hydrogen (secondary N) is 1. The molecule has 2 aromatic rings. The number of rotatable bonds is 6. The Balaban J connectivity index is 1.59. The molecule has 1 aliphatic heterocycles. The van der Waals surface area contributed by atoms with Crippen molar-refractivity contribution in [3.63, 3.8) is 0 Å². The minimum Gasteiger partial charge on any atom is -0.352 e. The fraction of sp³-hybridized carbons (Fsp3) is 0.409. The Bertz CT molecular complexity index is 983. The van der Waals surface area contributed by atoms with E-state index >= 15 is 0 Å². The number of aryl methyl sites for hydroxylation is 4. The van der Waals surface area contributed by atoms with Crippen LogP contribution in [0.25, 0.3) is 0 Å². The summed E-state index contributed by atoms with van der Waals surface area (Å²) in [6.45, 7) is 5.31. The minimum absolute atomic E-state index is 0.111. The summed E-state index contributed by atoms with van der Waals surface area (Å²) in [6.07, 6.45) is 4.58. The van der Waals surface area contributed by atoms with Gasteiger partial charge in [-0.25, -0.2) is 8.42 Å². The van der Waals surface area contributed by atoms with E-state index in [2.05, 4.69) is 37.4 Å². The third-order valence-electron chi connectivity index (χ3n) is 5.22. The Morgan fingerprint density at radius 2 is 1.93 bits per heavy atom. The molecule has 0 aliphatic carbocycles. The van der Waals surface area contributed by atoms with Gasteiger partial charge in [-0.3, -0.25) is 9.10 Å². The van der Waals surface area contributed by atoms with Gasteiger partial charge in [0, 0.05) is 18.7 Å². The lowest BCUT2D eigenvalue weighted by atomic mass is 10.0. The molecule has 1 heterocycles. The van der Waals surface area contributed by atoms with Crippen LogP contribution >= 0.6 is 0 Å². The molecule has 28 heavy (non-hydrogen) atoms. The molecule has 0 bridgehead atoms. The van der Waals surface area contributed by atoms with E-state index in [1.165, 1.54) is 27.3 Å². The Hall–Kier alpha value is -2.34. The van der Waals surface area contributed by atoms with Crippen molar-refractivity contribution in [2.45, 2.75) is 39.5 Å². The van der Waals surface area contributed by atoms with E-state index in [4.69, 9.17) is 0 Å². The van der Waals surface area contributed by atoms with Crippen LogP contribution in [0.1, 0.15) is 45.5 Å². The Morgan fingerprint density at radius 3 is 2.64 bits per heavy atom. The van der Waals surface area contributed by atoms with Gasteiger partial charge >= 0.3 is 0 Å². The number of carbonyl (C=O) groups excluding carboxylic acids is 1. The molecule has 0 atom stereocenters. The molecule has 0 unspecified atom stereocenters. The van der Waals surface area contributed by atoms with Gasteiger partial charge in [-0.15, -0.1) is 0 Å². The molecular formula is C22H28N2O3S. The van der Waals surface area contributed by atoms with Crippen LogP contribution in [-0.2, 0) is 22.9 Å². The van der Waals surface area contributed by atoms with E-state index in [0.717, 1.165) is 31.2 Å². The fourth-order valence-corrected chi connectivity index (χ4v) is 4.75. The summed E-state index contributed by atoms with van der Waals surface area (Å²) in [5.74, 6) is -0.111. The van der Waals surface area contributed by atoms with Crippen molar-refractivity contribution in [1.82, 2.24) is 5.32 Å². The molecule has 0 saturated heterocycles. The van der Waals surface area contributed by atoms with Gasteiger partial charge in [-0.05, 0) is 74.4 Å². The lowest BCUT2D eigenvalue weighted by molar-refractivity contribution is 0.0953. The highest BCUT2D eigenvalue weighted by molar-refractivity contribution is 7.92. The minimum atomic E-state index is -3.29. The Kier molecular flexibility index (Phi) is 6.08. The quantitative estimate of drug-likeness (QED) is 0.756. The lowest BCUT2D eigenvalue weighted by Gasteiger charge is -2.29. The van der Waals surface area contributed by atoms with Crippen LogP contribution in [0.3, 0.4) is 0 Å². The van der Waals surface area contributed by atoms with Crippen LogP contribution in [0.15, 0.2) is 36.4 Å². The number of anilines is 1. The maximum absolute atomic E-state index is 12.5. The second-order valence-corrected chi connectivity index (χ2v) is 9.48. The largest absolute Gasteiger partial charge is 0.352 e. The molecule has 3 rings (SSSR count). The molecule has 0 aromatic heterocycles. The first-order valence-corrected chi connectivity index (χ1v) is 11.6. The number of fused-ring (bicyclic) bond motifs is 1. The van der Waals surface area contributed by atoms with E-state index in [-0.39, 0.29) is 5.91 Å². The van der Waals surface area contributed by atoms with Crippen molar-refractivity contribution in [1.29, 1.82) is 0 Å². The van der Waals surface area contributed by atoms with Gasteiger partial charge in [0.2, 0.25) is 10.0 Å². The van der Waals surface area contributed by atoms with Crippen LogP contribution in [0.5, 0.6) is 0 Å². The number of nitrogens with zero attached hydrogens (tertiary/aromatic N) is 1. The zero-order valence-corrected chi connectivity index (χ0v) is 17.6. The predicted octanol–water partition coefficient (Wildman–Crippen LogP) is 3.38. The van der Waals surface area contributed by atoms with E-state index in [1.807, 2.05) is 6.07 Å². The number of benzene rings is 2. The number of hydrogen-bond acceptors (Lipinski definition) is 3. The molecule has 1 amide bonds. The van der Waals surface area contributed by atoms with Gasteiger partial charge in [0.1, 0.15) is 0 Å². The second kappa shape index (κ2) is 8.35. The molecule has 0 saturated carbocycles. The van der Waals surface area contributed by atoms with Gasteiger partial charge in [-0.1, -0.05) is 23.8 Å². The third kappa shape index (κ3) is 4.73. The Morgan fingerprint density at radius 1 is 1.14 bits per heavy atom. The smallest absolute Gasteiger partial charge is 0.251 e. The number of carbonyl (C=O) groups is 1. The third-order valence-corrected chi connectivity index (χ3v) is 6.40. The molecular weight excluding hydrogens is 372 g/mol. The van der Waals surface area contributed by atoms with E-state index in [9.17, 15) is 13.2 Å². The molecule has 5 nitrogen and oxygen atoms in total. The summed E-state index contributed by atoms with van der Waals surface area (Å²) in [7, 11) is -3.29. The van der Waals surface area contributed by atoms with E-state index in [0.29, 0.717) is 24.3 Å². The second-order valence-electron chi connectivity index (χ2n) is 7.57. The van der Waals surface area contributed by atoms with E-state index in [1.54, 1.807) is 12.1 Å². The summed E-state index contributed by atoms with van der Waals surface area (Å²) >= 11 is 0. The van der Waals surface area contributed by atoms with Gasteiger partial charge in [0.15, 0.2) is 0 Å². The monoisotopic (exact) mass is 400 g/mol. The highest BCUT2D eigenvalue weighted by Gasteiger charge is 2.24. The van der Waals surface area contributed by atoms with Crippen molar-refractivity contribution in [3.8, 4) is 0 Å². The zero-order valence-electron chi connectivity index (χ0n) is 16.8. The normalized spacial score (nSPS) is 13.9. The molecule has 1 N–H and O–H groups in total. The maximum Gasteiger partial charge on any atom is 0.251 e. The standard InChI is InChI=1S/C22H28N2O3S/c1-16-8-9-18(17(2)14-16)6-4-12-23-22(25)20-10-11-21-19(15-20)7-5-13-24(21)28(3,26)27/h8-11,14-15H,4-7,12-13H2,1-3H3,(H,23,25). The first-order chi connectivity index (χ1) is 13.3. The summed E-state index contributed by atoms with van der Waals surface area (Å²) in [6, 6.07) is 11.7. The first-order valence-electron chi connectivity index (χ1n) is 9.70. The van der Waals surface area contributed by atoms with Crippen molar-refractivity contribution in [2.75, 3.05) is 23.7 Å². The van der Waals surface area contributed by atoms with Gasteiger partial charge in [0.25, 0.3) is 5.91 Å². The molecule has 0 fully saturated rings. The molecule has 6 heteroatoms. The molecule has 1 aliphatic rings. The summed E-state index contributed by atoms with van der Waals surface area (Å²) < 4.78 is 25.3. The molecule has 2 aromatic carbocycles. The fourth-order valence-electron chi connectivity index (χ4n) is 3.76. The molecule has 150 valence electrons. The van der Waals surface area contributed by atoms with E-state index < -0.39 is 10.0 Å².